The minimum absolute atomic E-state index is 0.0656. The van der Waals surface area contributed by atoms with E-state index in [1.807, 2.05) is 0 Å². The van der Waals surface area contributed by atoms with Crippen LogP contribution in [0.4, 0.5) is 0 Å². The molecule has 0 aliphatic carbocycles. The van der Waals surface area contributed by atoms with Crippen LogP contribution in [0.3, 0.4) is 0 Å². The highest BCUT2D eigenvalue weighted by atomic mass is 35.5. The maximum atomic E-state index is 12.3. The Morgan fingerprint density at radius 1 is 1.16 bits per heavy atom. The number of hydrogen-bond donors (Lipinski definition) is 1. The Morgan fingerprint density at radius 3 is 2.60 bits per heavy atom. The lowest BCUT2D eigenvalue weighted by Gasteiger charge is -2.31. The van der Waals surface area contributed by atoms with Crippen molar-refractivity contribution in [3.05, 3.63) is 57.2 Å². The second-order valence-corrected chi connectivity index (χ2v) is 9.74. The van der Waals surface area contributed by atoms with Crippen molar-refractivity contribution < 1.29 is 8.42 Å². The molecule has 4 nitrogen and oxygen atoms in total. The van der Waals surface area contributed by atoms with E-state index >= 15 is 0 Å². The number of thiophene rings is 1. The van der Waals surface area contributed by atoms with E-state index in [2.05, 4.69) is 27.1 Å². The van der Waals surface area contributed by atoms with Crippen LogP contribution in [-0.4, -0.2) is 33.0 Å². The molecule has 25 heavy (non-hydrogen) atoms. The van der Waals surface area contributed by atoms with Gasteiger partial charge in [-0.25, -0.2) is 13.1 Å². The number of halogens is 1. The van der Waals surface area contributed by atoms with Gasteiger partial charge in [-0.1, -0.05) is 35.9 Å². The van der Waals surface area contributed by atoms with E-state index in [0.29, 0.717) is 23.0 Å². The smallest absolute Gasteiger partial charge is 0.215 e. The number of hydrogen-bond acceptors (Lipinski definition) is 4. The molecular weight excluding hydrogens is 376 g/mol. The second kappa shape index (κ2) is 8.64. The summed E-state index contributed by atoms with van der Waals surface area (Å²) in [4.78, 5) is 3.83. The molecule has 2 heterocycles. The Kier molecular flexibility index (Phi) is 6.52. The van der Waals surface area contributed by atoms with E-state index in [0.717, 1.165) is 32.5 Å². The topological polar surface area (TPSA) is 49.4 Å². The molecule has 136 valence electrons. The average Bonchev–Trinajstić information content (AvgIpc) is 3.09. The highest BCUT2D eigenvalue weighted by Gasteiger charge is 2.22. The van der Waals surface area contributed by atoms with E-state index in [1.165, 1.54) is 4.88 Å². The van der Waals surface area contributed by atoms with Crippen molar-refractivity contribution in [3.63, 3.8) is 0 Å². The van der Waals surface area contributed by atoms with Gasteiger partial charge in [-0.2, -0.15) is 0 Å². The van der Waals surface area contributed by atoms with E-state index in [-0.39, 0.29) is 5.75 Å². The number of rotatable bonds is 7. The fourth-order valence-corrected chi connectivity index (χ4v) is 5.37. The normalized spacial score (nSPS) is 17.0. The van der Waals surface area contributed by atoms with Gasteiger partial charge in [0.1, 0.15) is 0 Å². The summed E-state index contributed by atoms with van der Waals surface area (Å²) in [6.07, 6.45) is 2.06. The van der Waals surface area contributed by atoms with Gasteiger partial charge in [0.15, 0.2) is 0 Å². The van der Waals surface area contributed by atoms with Crippen LogP contribution in [0.15, 0.2) is 41.8 Å². The SMILES string of the molecule is O=S(=O)(Cc1ccccc1Cl)NCC1CCN(Cc2cccs2)CC1. The van der Waals surface area contributed by atoms with Crippen LogP contribution in [0.2, 0.25) is 5.02 Å². The molecule has 0 bridgehead atoms. The lowest BCUT2D eigenvalue weighted by Crippen LogP contribution is -2.38. The molecule has 1 N–H and O–H groups in total. The molecule has 2 aromatic rings. The molecule has 7 heteroatoms. The molecule has 0 amide bonds. The monoisotopic (exact) mass is 398 g/mol. The number of sulfonamides is 1. The first-order valence-electron chi connectivity index (χ1n) is 8.47. The summed E-state index contributed by atoms with van der Waals surface area (Å²) in [6, 6.07) is 11.3. The molecule has 0 radical (unpaired) electrons. The van der Waals surface area contributed by atoms with Gasteiger partial charge in [-0.3, -0.25) is 4.90 Å². The van der Waals surface area contributed by atoms with Crippen LogP contribution in [0, 0.1) is 5.92 Å². The highest BCUT2D eigenvalue weighted by Crippen LogP contribution is 2.21. The summed E-state index contributed by atoms with van der Waals surface area (Å²) in [5, 5.41) is 2.60. The molecule has 0 spiro atoms. The predicted octanol–water partition coefficient (Wildman–Crippen LogP) is 3.73. The van der Waals surface area contributed by atoms with Gasteiger partial charge in [0.05, 0.1) is 5.75 Å². The Labute approximate surface area is 158 Å². The first kappa shape index (κ1) is 18.9. The maximum absolute atomic E-state index is 12.3. The van der Waals surface area contributed by atoms with E-state index in [1.54, 1.807) is 35.6 Å². The Hall–Kier alpha value is -0.920. The zero-order valence-electron chi connectivity index (χ0n) is 14.0. The Balaban J connectivity index is 1.44. The van der Waals surface area contributed by atoms with Crippen LogP contribution >= 0.6 is 22.9 Å². The number of nitrogens with zero attached hydrogens (tertiary/aromatic N) is 1. The molecule has 3 rings (SSSR count). The Morgan fingerprint density at radius 2 is 1.92 bits per heavy atom. The summed E-state index contributed by atoms with van der Waals surface area (Å²) in [5.74, 6) is 0.338. The van der Waals surface area contributed by atoms with Gasteiger partial charge in [0, 0.05) is 23.0 Å². The lowest BCUT2D eigenvalue weighted by molar-refractivity contribution is 0.180. The lowest BCUT2D eigenvalue weighted by atomic mass is 9.97. The van der Waals surface area contributed by atoms with Gasteiger partial charge < -0.3 is 0 Å². The summed E-state index contributed by atoms with van der Waals surface area (Å²) in [5.41, 5.74) is 0.641. The molecule has 1 aromatic carbocycles. The van der Waals surface area contributed by atoms with Crippen molar-refractivity contribution in [2.75, 3.05) is 19.6 Å². The van der Waals surface area contributed by atoms with Crippen LogP contribution in [0.25, 0.3) is 0 Å². The van der Waals surface area contributed by atoms with Crippen LogP contribution in [0.5, 0.6) is 0 Å². The summed E-state index contributed by atoms with van der Waals surface area (Å²) in [7, 11) is -3.36. The summed E-state index contributed by atoms with van der Waals surface area (Å²) >= 11 is 7.85. The first-order chi connectivity index (χ1) is 12.0. The van der Waals surface area contributed by atoms with Gasteiger partial charge >= 0.3 is 0 Å². The number of benzene rings is 1. The van der Waals surface area contributed by atoms with Crippen molar-refractivity contribution in [2.45, 2.75) is 25.1 Å². The fourth-order valence-electron chi connectivity index (χ4n) is 3.09. The summed E-state index contributed by atoms with van der Waals surface area (Å²) < 4.78 is 27.3. The summed E-state index contributed by atoms with van der Waals surface area (Å²) in [6.45, 7) is 3.56. The highest BCUT2D eigenvalue weighted by molar-refractivity contribution is 7.88. The quantitative estimate of drug-likeness (QED) is 0.773. The fraction of sp³-hybridized carbons (Fsp3) is 0.444. The second-order valence-electron chi connectivity index (χ2n) is 6.50. The number of piperidine rings is 1. The number of likely N-dealkylation sites (tertiary alicyclic amines) is 1. The third kappa shape index (κ3) is 5.79. The van der Waals surface area contributed by atoms with Crippen molar-refractivity contribution in [2.24, 2.45) is 5.92 Å². The molecule has 0 atom stereocenters. The van der Waals surface area contributed by atoms with Crippen LogP contribution in [0.1, 0.15) is 23.3 Å². The predicted molar refractivity (Wildman–Crippen MR) is 104 cm³/mol. The van der Waals surface area contributed by atoms with Crippen molar-refractivity contribution >= 4 is 33.0 Å². The standard InChI is InChI=1S/C18H23ClN2O2S2/c19-18-6-2-1-4-16(18)14-25(22,23)20-12-15-7-9-21(10-8-15)13-17-5-3-11-24-17/h1-6,11,15,20H,7-10,12-14H2. The molecule has 1 aliphatic heterocycles. The third-order valence-corrected chi connectivity index (χ3v) is 7.09. The molecule has 0 saturated carbocycles. The molecule has 1 saturated heterocycles. The minimum Gasteiger partial charge on any atom is -0.298 e. The van der Waals surface area contributed by atoms with E-state index < -0.39 is 10.0 Å². The molecule has 1 fully saturated rings. The van der Waals surface area contributed by atoms with Gasteiger partial charge in [0.2, 0.25) is 10.0 Å². The van der Waals surface area contributed by atoms with Gasteiger partial charge in [0.25, 0.3) is 0 Å². The molecule has 0 unspecified atom stereocenters. The first-order valence-corrected chi connectivity index (χ1v) is 11.4. The zero-order valence-corrected chi connectivity index (χ0v) is 16.4. The average molecular weight is 399 g/mol. The van der Waals surface area contributed by atoms with Crippen molar-refractivity contribution in [1.82, 2.24) is 9.62 Å². The van der Waals surface area contributed by atoms with E-state index in [4.69, 9.17) is 11.6 Å². The molecular formula is C18H23ClN2O2S2. The maximum Gasteiger partial charge on any atom is 0.215 e. The minimum atomic E-state index is -3.36. The molecule has 1 aromatic heterocycles. The molecule has 1 aliphatic rings. The van der Waals surface area contributed by atoms with Crippen LogP contribution < -0.4 is 4.72 Å². The van der Waals surface area contributed by atoms with Crippen molar-refractivity contribution in [1.29, 1.82) is 0 Å². The van der Waals surface area contributed by atoms with Crippen molar-refractivity contribution in [3.8, 4) is 0 Å². The largest absolute Gasteiger partial charge is 0.298 e. The third-order valence-electron chi connectivity index (χ3n) is 4.56. The van der Waals surface area contributed by atoms with E-state index in [9.17, 15) is 8.42 Å². The zero-order chi connectivity index (χ0) is 17.7. The number of nitrogens with one attached hydrogen (secondary N) is 1. The Bertz CT molecular complexity index is 770. The van der Waals surface area contributed by atoms with Gasteiger partial charge in [-0.15, -0.1) is 11.3 Å². The van der Waals surface area contributed by atoms with Gasteiger partial charge in [-0.05, 0) is 54.9 Å². The van der Waals surface area contributed by atoms with Crippen LogP contribution in [-0.2, 0) is 22.3 Å².